The molecule has 18 heavy (non-hydrogen) atoms. The third kappa shape index (κ3) is 2.31. The molecule has 2 aliphatic rings. The highest BCUT2D eigenvalue weighted by Gasteiger charge is 2.52. The van der Waals surface area contributed by atoms with Crippen LogP contribution in [-0.2, 0) is 9.22 Å². The van der Waals surface area contributed by atoms with Gasteiger partial charge in [0.25, 0.3) is 0 Å². The molecule has 0 aliphatic heterocycles. The molecule has 3 heteroatoms. The molecule has 2 unspecified atom stereocenters. The van der Waals surface area contributed by atoms with Gasteiger partial charge < -0.3 is 4.43 Å². The highest BCUT2D eigenvalue weighted by atomic mass is 28.4. The normalized spacial score (nSPS) is 32.9. The predicted octanol–water partition coefficient (Wildman–Crippen LogP) is 4.16. The second kappa shape index (κ2) is 4.45. The molecule has 0 saturated heterocycles. The Morgan fingerprint density at radius 2 is 2.00 bits per heavy atom. The van der Waals surface area contributed by atoms with Crippen molar-refractivity contribution in [1.29, 1.82) is 0 Å². The van der Waals surface area contributed by atoms with E-state index in [1.165, 1.54) is 12.8 Å². The van der Waals surface area contributed by atoms with Gasteiger partial charge in [0, 0.05) is 24.4 Å². The molecule has 0 aromatic rings. The quantitative estimate of drug-likeness (QED) is 0.719. The van der Waals surface area contributed by atoms with Crippen molar-refractivity contribution < 1.29 is 9.22 Å². The first-order valence-electron chi connectivity index (χ1n) is 7.35. The van der Waals surface area contributed by atoms with Gasteiger partial charge in [0.2, 0.25) is 0 Å². The van der Waals surface area contributed by atoms with Crippen LogP contribution in [0.2, 0.25) is 18.1 Å². The Labute approximate surface area is 113 Å². The zero-order valence-electron chi connectivity index (χ0n) is 12.6. The van der Waals surface area contributed by atoms with Crippen molar-refractivity contribution >= 4 is 14.1 Å². The maximum atomic E-state index is 11.9. The summed E-state index contributed by atoms with van der Waals surface area (Å²) in [5, 5.41) is 0.264. The van der Waals surface area contributed by atoms with E-state index in [-0.39, 0.29) is 10.5 Å². The Morgan fingerprint density at radius 3 is 2.61 bits per heavy atom. The maximum Gasteiger partial charge on any atom is 0.192 e. The van der Waals surface area contributed by atoms with E-state index in [2.05, 4.69) is 33.9 Å². The molecule has 2 rings (SSSR count). The fraction of sp³-hybridized carbons (Fsp3) is 0.933. The molecular formula is C15H28O2Si. The Bertz CT molecular complexity index is 343. The molecular weight excluding hydrogens is 240 g/mol. The SMILES string of the molecule is CC(C)(C)[Si](C)(C)OCC12CCCC1C(=O)CC2. The van der Waals surface area contributed by atoms with E-state index in [1.54, 1.807) is 0 Å². The van der Waals surface area contributed by atoms with E-state index in [4.69, 9.17) is 4.43 Å². The number of hydrogen-bond donors (Lipinski definition) is 0. The zero-order valence-corrected chi connectivity index (χ0v) is 13.6. The number of Topliss-reactive ketones (excluding diaryl/α,β-unsaturated/α-hetero) is 1. The van der Waals surface area contributed by atoms with Crippen molar-refractivity contribution in [3.8, 4) is 0 Å². The standard InChI is InChI=1S/C15H28O2Si/c1-14(2,3)18(4,5)17-11-15-9-6-7-12(15)13(16)8-10-15/h12H,6-11H2,1-5H3. The van der Waals surface area contributed by atoms with Gasteiger partial charge in [0.1, 0.15) is 5.78 Å². The minimum atomic E-state index is -1.67. The number of carbonyl (C=O) groups excluding carboxylic acids is 1. The van der Waals surface area contributed by atoms with E-state index in [1.807, 2.05) is 0 Å². The van der Waals surface area contributed by atoms with Crippen LogP contribution >= 0.6 is 0 Å². The molecule has 0 aromatic carbocycles. The van der Waals surface area contributed by atoms with Gasteiger partial charge in [-0.05, 0) is 37.4 Å². The molecule has 0 aromatic heterocycles. The Hall–Kier alpha value is -0.153. The highest BCUT2D eigenvalue weighted by Crippen LogP contribution is 2.53. The number of fused-ring (bicyclic) bond motifs is 1. The van der Waals surface area contributed by atoms with E-state index in [0.717, 1.165) is 25.9 Å². The Morgan fingerprint density at radius 1 is 1.33 bits per heavy atom. The summed E-state index contributed by atoms with van der Waals surface area (Å²) < 4.78 is 6.42. The van der Waals surface area contributed by atoms with Crippen LogP contribution in [0.15, 0.2) is 0 Å². The van der Waals surface area contributed by atoms with E-state index < -0.39 is 8.32 Å². The zero-order chi connectivity index (χ0) is 13.6. The van der Waals surface area contributed by atoms with Crippen LogP contribution in [0.25, 0.3) is 0 Å². The number of ketones is 1. The molecule has 2 atom stereocenters. The average molecular weight is 268 g/mol. The summed E-state index contributed by atoms with van der Waals surface area (Å²) in [7, 11) is -1.67. The molecule has 104 valence electrons. The summed E-state index contributed by atoms with van der Waals surface area (Å²) >= 11 is 0. The lowest BCUT2D eigenvalue weighted by molar-refractivity contribution is -0.122. The molecule has 2 saturated carbocycles. The number of carbonyl (C=O) groups is 1. The van der Waals surface area contributed by atoms with Gasteiger partial charge in [-0.25, -0.2) is 0 Å². The topological polar surface area (TPSA) is 26.3 Å². The molecule has 2 aliphatic carbocycles. The third-order valence-corrected chi connectivity index (χ3v) is 10.2. The minimum absolute atomic E-state index is 0.215. The van der Waals surface area contributed by atoms with Crippen molar-refractivity contribution in [1.82, 2.24) is 0 Å². The molecule has 0 spiro atoms. The smallest absolute Gasteiger partial charge is 0.192 e. The lowest BCUT2D eigenvalue weighted by Gasteiger charge is -2.40. The maximum absolute atomic E-state index is 11.9. The molecule has 0 N–H and O–H groups in total. The second-order valence-electron chi connectivity index (χ2n) is 7.82. The van der Waals surface area contributed by atoms with Gasteiger partial charge in [-0.15, -0.1) is 0 Å². The molecule has 2 nitrogen and oxygen atoms in total. The Balaban J connectivity index is 2.04. The van der Waals surface area contributed by atoms with E-state index >= 15 is 0 Å². The highest BCUT2D eigenvalue weighted by molar-refractivity contribution is 6.74. The van der Waals surface area contributed by atoms with Crippen molar-refractivity contribution in [2.75, 3.05) is 6.61 Å². The largest absolute Gasteiger partial charge is 0.416 e. The first kappa shape index (κ1) is 14.3. The first-order valence-corrected chi connectivity index (χ1v) is 10.3. The van der Waals surface area contributed by atoms with Gasteiger partial charge in [-0.3, -0.25) is 4.79 Å². The second-order valence-corrected chi connectivity index (χ2v) is 12.6. The molecule has 2 fully saturated rings. The van der Waals surface area contributed by atoms with Crippen molar-refractivity contribution in [3.63, 3.8) is 0 Å². The van der Waals surface area contributed by atoms with Gasteiger partial charge >= 0.3 is 0 Å². The molecule has 0 amide bonds. The van der Waals surface area contributed by atoms with Crippen LogP contribution < -0.4 is 0 Å². The van der Waals surface area contributed by atoms with Gasteiger partial charge in [-0.2, -0.15) is 0 Å². The first-order chi connectivity index (χ1) is 8.18. The molecule has 0 bridgehead atoms. The minimum Gasteiger partial charge on any atom is -0.416 e. The van der Waals surface area contributed by atoms with Crippen LogP contribution in [0.4, 0.5) is 0 Å². The van der Waals surface area contributed by atoms with Crippen molar-refractivity contribution in [3.05, 3.63) is 0 Å². The summed E-state index contributed by atoms with van der Waals surface area (Å²) in [6.07, 6.45) is 5.41. The fourth-order valence-corrected chi connectivity index (χ4v) is 4.35. The summed E-state index contributed by atoms with van der Waals surface area (Å²) in [5.74, 6) is 0.827. The lowest BCUT2D eigenvalue weighted by Crippen LogP contribution is -2.44. The van der Waals surface area contributed by atoms with Crippen LogP contribution in [-0.4, -0.2) is 20.7 Å². The van der Waals surface area contributed by atoms with Crippen molar-refractivity contribution in [2.45, 2.75) is 71.0 Å². The van der Waals surface area contributed by atoms with Gasteiger partial charge in [-0.1, -0.05) is 27.2 Å². The van der Waals surface area contributed by atoms with Crippen molar-refractivity contribution in [2.24, 2.45) is 11.3 Å². The number of rotatable bonds is 3. The predicted molar refractivity (Wildman–Crippen MR) is 77.2 cm³/mol. The summed E-state index contributed by atoms with van der Waals surface area (Å²) in [5.41, 5.74) is 0.215. The van der Waals surface area contributed by atoms with E-state index in [0.29, 0.717) is 11.7 Å². The van der Waals surface area contributed by atoms with Gasteiger partial charge in [0.15, 0.2) is 8.32 Å². The van der Waals surface area contributed by atoms with Crippen LogP contribution in [0.3, 0.4) is 0 Å². The van der Waals surface area contributed by atoms with Gasteiger partial charge in [0.05, 0.1) is 0 Å². The van der Waals surface area contributed by atoms with Crippen LogP contribution in [0.5, 0.6) is 0 Å². The molecule has 0 radical (unpaired) electrons. The average Bonchev–Trinajstić information content (AvgIpc) is 2.77. The summed E-state index contributed by atoms with van der Waals surface area (Å²) in [6, 6.07) is 0. The fourth-order valence-electron chi connectivity index (χ4n) is 3.27. The van der Waals surface area contributed by atoms with E-state index in [9.17, 15) is 4.79 Å². The third-order valence-electron chi connectivity index (χ3n) is 5.69. The number of hydrogen-bond acceptors (Lipinski definition) is 2. The molecule has 0 heterocycles. The lowest BCUT2D eigenvalue weighted by atomic mass is 9.81. The van der Waals surface area contributed by atoms with Crippen LogP contribution in [0.1, 0.15) is 52.9 Å². The summed E-state index contributed by atoms with van der Waals surface area (Å²) in [6.45, 7) is 12.3. The Kier molecular flexibility index (Phi) is 3.52. The van der Waals surface area contributed by atoms with Crippen LogP contribution in [0, 0.1) is 11.3 Å². The summed E-state index contributed by atoms with van der Waals surface area (Å²) in [4.78, 5) is 11.9. The monoisotopic (exact) mass is 268 g/mol.